The third kappa shape index (κ3) is 4.16. The molecule has 140 valence electrons. The molecule has 1 aromatic heterocycles. The second kappa shape index (κ2) is 8.03. The van der Waals surface area contributed by atoms with E-state index in [0.717, 1.165) is 12.0 Å². The number of aromatic amines is 1. The summed E-state index contributed by atoms with van der Waals surface area (Å²) in [6.45, 7) is 4.23. The lowest BCUT2D eigenvalue weighted by Crippen LogP contribution is -2.33. The highest BCUT2D eigenvalue weighted by Crippen LogP contribution is 2.14. The average Bonchev–Trinajstić information content (AvgIpc) is 2.68. The molecule has 0 aliphatic heterocycles. The van der Waals surface area contributed by atoms with Crippen molar-refractivity contribution in [3.63, 3.8) is 0 Å². The molecule has 2 N–H and O–H groups in total. The first-order valence-corrected chi connectivity index (χ1v) is 9.09. The fraction of sp³-hybridized carbons (Fsp3) is 0.286. The highest BCUT2D eigenvalue weighted by atomic mass is 16.2. The molecule has 1 atom stereocenters. The molecule has 3 rings (SSSR count). The van der Waals surface area contributed by atoms with Crippen molar-refractivity contribution >= 4 is 16.8 Å². The zero-order chi connectivity index (χ0) is 19.4. The first-order valence-electron chi connectivity index (χ1n) is 9.09. The molecule has 0 saturated heterocycles. The minimum absolute atomic E-state index is 0.118. The Morgan fingerprint density at radius 3 is 2.52 bits per heavy atom. The van der Waals surface area contributed by atoms with E-state index in [1.54, 1.807) is 24.3 Å². The van der Waals surface area contributed by atoms with Crippen LogP contribution in [0.3, 0.4) is 0 Å². The van der Waals surface area contributed by atoms with Gasteiger partial charge in [0.2, 0.25) is 5.91 Å². The maximum Gasteiger partial charge on any atom is 0.328 e. The van der Waals surface area contributed by atoms with Crippen LogP contribution in [0.4, 0.5) is 0 Å². The molecule has 0 saturated carbocycles. The summed E-state index contributed by atoms with van der Waals surface area (Å²) >= 11 is 0. The number of para-hydroxylation sites is 1. The molecule has 27 heavy (non-hydrogen) atoms. The number of nitrogens with one attached hydrogen (secondary N) is 2. The van der Waals surface area contributed by atoms with Crippen LogP contribution in [0.25, 0.3) is 10.9 Å². The van der Waals surface area contributed by atoms with Gasteiger partial charge in [-0.1, -0.05) is 43.3 Å². The van der Waals surface area contributed by atoms with Crippen molar-refractivity contribution in [1.82, 2.24) is 14.9 Å². The Hall–Kier alpha value is -3.15. The van der Waals surface area contributed by atoms with Crippen LogP contribution in [-0.2, 0) is 17.8 Å². The Bertz CT molecular complexity index is 1060. The van der Waals surface area contributed by atoms with Crippen molar-refractivity contribution in [2.75, 3.05) is 0 Å². The number of hydrogen-bond donors (Lipinski definition) is 2. The zero-order valence-corrected chi connectivity index (χ0v) is 15.5. The van der Waals surface area contributed by atoms with Crippen LogP contribution in [0, 0.1) is 0 Å². The molecule has 0 bridgehead atoms. The number of fused-ring (bicyclic) bond motifs is 1. The Morgan fingerprint density at radius 1 is 1.11 bits per heavy atom. The second-order valence-corrected chi connectivity index (χ2v) is 6.56. The lowest BCUT2D eigenvalue weighted by atomic mass is 10.0. The zero-order valence-electron chi connectivity index (χ0n) is 15.5. The quantitative estimate of drug-likeness (QED) is 0.704. The molecule has 1 unspecified atom stereocenters. The predicted octanol–water partition coefficient (Wildman–Crippen LogP) is 2.52. The maximum atomic E-state index is 12.3. The standard InChI is InChI=1S/C21H23N3O3/c1-3-15-8-10-16(11-9-15)14(2)22-19(25)12-13-24-18-7-5-4-6-17(18)20(26)23-21(24)27/h4-11,14H,3,12-13H2,1-2H3,(H,22,25)(H,23,26,27). The molecule has 1 heterocycles. The molecule has 6 heteroatoms. The van der Waals surface area contributed by atoms with E-state index < -0.39 is 11.2 Å². The van der Waals surface area contributed by atoms with E-state index in [-0.39, 0.29) is 24.9 Å². The van der Waals surface area contributed by atoms with Crippen LogP contribution in [-0.4, -0.2) is 15.5 Å². The van der Waals surface area contributed by atoms with Crippen molar-refractivity contribution in [2.45, 2.75) is 39.3 Å². The van der Waals surface area contributed by atoms with Crippen molar-refractivity contribution in [1.29, 1.82) is 0 Å². The number of benzene rings is 2. The van der Waals surface area contributed by atoms with E-state index in [9.17, 15) is 14.4 Å². The minimum atomic E-state index is -0.505. The summed E-state index contributed by atoms with van der Waals surface area (Å²) in [5.74, 6) is -0.149. The summed E-state index contributed by atoms with van der Waals surface area (Å²) in [4.78, 5) is 38.7. The fourth-order valence-corrected chi connectivity index (χ4v) is 3.12. The normalized spacial score (nSPS) is 12.1. The Labute approximate surface area is 156 Å². The third-order valence-corrected chi connectivity index (χ3v) is 4.73. The molecule has 0 aliphatic carbocycles. The topological polar surface area (TPSA) is 84.0 Å². The molecule has 1 amide bonds. The van der Waals surface area contributed by atoms with Crippen molar-refractivity contribution in [3.8, 4) is 0 Å². The van der Waals surface area contributed by atoms with Gasteiger partial charge in [-0.25, -0.2) is 4.79 Å². The number of aryl methyl sites for hydroxylation is 2. The number of carbonyl (C=O) groups is 1. The van der Waals surface area contributed by atoms with Gasteiger partial charge in [0.25, 0.3) is 5.56 Å². The molecule has 2 aromatic carbocycles. The number of carbonyl (C=O) groups excluding carboxylic acids is 1. The van der Waals surface area contributed by atoms with Gasteiger partial charge in [-0.15, -0.1) is 0 Å². The Kier molecular flexibility index (Phi) is 5.54. The van der Waals surface area contributed by atoms with E-state index in [2.05, 4.69) is 29.4 Å². The van der Waals surface area contributed by atoms with Crippen LogP contribution in [0.1, 0.15) is 37.4 Å². The number of nitrogens with zero attached hydrogens (tertiary/aromatic N) is 1. The van der Waals surface area contributed by atoms with E-state index in [1.807, 2.05) is 19.1 Å². The molecular weight excluding hydrogens is 342 g/mol. The van der Waals surface area contributed by atoms with Gasteiger partial charge >= 0.3 is 5.69 Å². The van der Waals surface area contributed by atoms with Crippen LogP contribution < -0.4 is 16.6 Å². The molecule has 0 fully saturated rings. The molecular formula is C21H23N3O3. The first-order chi connectivity index (χ1) is 13.0. The fourth-order valence-electron chi connectivity index (χ4n) is 3.12. The van der Waals surface area contributed by atoms with Crippen LogP contribution in [0.2, 0.25) is 0 Å². The summed E-state index contributed by atoms with van der Waals surface area (Å²) in [5, 5.41) is 3.39. The molecule has 0 spiro atoms. The molecule has 3 aromatic rings. The van der Waals surface area contributed by atoms with E-state index in [1.165, 1.54) is 10.1 Å². The average molecular weight is 365 g/mol. The van der Waals surface area contributed by atoms with Crippen molar-refractivity contribution in [2.24, 2.45) is 0 Å². The maximum absolute atomic E-state index is 12.3. The lowest BCUT2D eigenvalue weighted by molar-refractivity contribution is -0.121. The number of aromatic nitrogens is 2. The van der Waals surface area contributed by atoms with E-state index in [4.69, 9.17) is 0 Å². The summed E-state index contributed by atoms with van der Waals surface area (Å²) in [6.07, 6.45) is 1.12. The highest BCUT2D eigenvalue weighted by molar-refractivity contribution is 5.79. The molecule has 6 nitrogen and oxygen atoms in total. The van der Waals surface area contributed by atoms with Gasteiger partial charge in [0.05, 0.1) is 16.9 Å². The summed E-state index contributed by atoms with van der Waals surface area (Å²) in [6, 6.07) is 14.9. The SMILES string of the molecule is CCc1ccc(C(C)NC(=O)CCn2c(=O)[nH]c(=O)c3ccccc32)cc1. The Morgan fingerprint density at radius 2 is 1.81 bits per heavy atom. The number of rotatable bonds is 6. The Balaban J connectivity index is 1.70. The summed E-state index contributed by atoms with van der Waals surface area (Å²) in [7, 11) is 0. The first kappa shape index (κ1) is 18.6. The summed E-state index contributed by atoms with van der Waals surface area (Å²) in [5.41, 5.74) is 1.89. The number of hydrogen-bond acceptors (Lipinski definition) is 3. The largest absolute Gasteiger partial charge is 0.350 e. The molecule has 0 radical (unpaired) electrons. The third-order valence-electron chi connectivity index (χ3n) is 4.73. The number of H-pyrrole nitrogens is 1. The van der Waals surface area contributed by atoms with E-state index >= 15 is 0 Å². The van der Waals surface area contributed by atoms with Gasteiger partial charge in [-0.3, -0.25) is 19.1 Å². The van der Waals surface area contributed by atoms with Crippen molar-refractivity contribution < 1.29 is 4.79 Å². The van der Waals surface area contributed by atoms with Gasteiger partial charge in [0.15, 0.2) is 0 Å². The number of amides is 1. The van der Waals surface area contributed by atoms with Gasteiger partial charge < -0.3 is 5.32 Å². The highest BCUT2D eigenvalue weighted by Gasteiger charge is 2.12. The van der Waals surface area contributed by atoms with Gasteiger partial charge in [-0.2, -0.15) is 0 Å². The van der Waals surface area contributed by atoms with Crippen molar-refractivity contribution in [3.05, 3.63) is 80.5 Å². The van der Waals surface area contributed by atoms with E-state index in [0.29, 0.717) is 10.9 Å². The van der Waals surface area contributed by atoms with Gasteiger partial charge in [0, 0.05) is 13.0 Å². The van der Waals surface area contributed by atoms with Crippen LogP contribution in [0.15, 0.2) is 58.1 Å². The second-order valence-electron chi connectivity index (χ2n) is 6.56. The monoisotopic (exact) mass is 365 g/mol. The van der Waals surface area contributed by atoms with Gasteiger partial charge in [0.1, 0.15) is 0 Å². The van der Waals surface area contributed by atoms with Gasteiger partial charge in [-0.05, 0) is 36.6 Å². The lowest BCUT2D eigenvalue weighted by Gasteiger charge is -2.15. The summed E-state index contributed by atoms with van der Waals surface area (Å²) < 4.78 is 1.43. The predicted molar refractivity (Wildman–Crippen MR) is 106 cm³/mol. The minimum Gasteiger partial charge on any atom is -0.350 e. The van der Waals surface area contributed by atoms with Crippen LogP contribution in [0.5, 0.6) is 0 Å². The smallest absolute Gasteiger partial charge is 0.328 e. The molecule has 0 aliphatic rings. The van der Waals surface area contributed by atoms with Crippen LogP contribution >= 0.6 is 0 Å².